The summed E-state index contributed by atoms with van der Waals surface area (Å²) in [6.45, 7) is 5.44. The normalized spacial score (nSPS) is 24.9. The molecule has 1 unspecified atom stereocenters. The van der Waals surface area contributed by atoms with Gasteiger partial charge in [0.15, 0.2) is 0 Å². The molecule has 1 N–H and O–H groups in total. The summed E-state index contributed by atoms with van der Waals surface area (Å²) in [7, 11) is 0. The van der Waals surface area contributed by atoms with E-state index < -0.39 is 0 Å². The maximum absolute atomic E-state index is 11.9. The van der Waals surface area contributed by atoms with E-state index in [2.05, 4.69) is 5.32 Å². The van der Waals surface area contributed by atoms with Gasteiger partial charge in [-0.25, -0.2) is 4.79 Å². The average molecular weight is 241 g/mol. The molecule has 6 nitrogen and oxygen atoms in total. The lowest BCUT2D eigenvalue weighted by atomic mass is 10.3. The number of rotatable bonds is 1. The lowest BCUT2D eigenvalue weighted by Gasteiger charge is -2.28. The van der Waals surface area contributed by atoms with Crippen molar-refractivity contribution in [2.24, 2.45) is 0 Å². The Morgan fingerprint density at radius 2 is 1.88 bits per heavy atom. The number of nitrogens with zero attached hydrogens (tertiary/aromatic N) is 2. The first-order valence-corrected chi connectivity index (χ1v) is 6.05. The molecule has 0 saturated carbocycles. The van der Waals surface area contributed by atoms with Crippen LogP contribution in [-0.2, 0) is 9.53 Å². The SMILES string of the molecule is CC(=O)N1CCC(NC(=O)N2CCOCC2)C1. The zero-order valence-corrected chi connectivity index (χ0v) is 10.1. The van der Waals surface area contributed by atoms with Crippen molar-refractivity contribution in [1.82, 2.24) is 15.1 Å². The van der Waals surface area contributed by atoms with Gasteiger partial charge in [0.2, 0.25) is 5.91 Å². The summed E-state index contributed by atoms with van der Waals surface area (Å²) in [5.41, 5.74) is 0. The summed E-state index contributed by atoms with van der Waals surface area (Å²) >= 11 is 0. The van der Waals surface area contributed by atoms with Crippen molar-refractivity contribution >= 4 is 11.9 Å². The minimum atomic E-state index is -0.0382. The molecular formula is C11H19N3O3. The standard InChI is InChI=1S/C11H19N3O3/c1-9(15)14-3-2-10(8-14)12-11(16)13-4-6-17-7-5-13/h10H,2-8H2,1H3,(H,12,16). The number of nitrogens with one attached hydrogen (secondary N) is 1. The molecule has 2 fully saturated rings. The molecule has 0 aromatic heterocycles. The fourth-order valence-corrected chi connectivity index (χ4v) is 2.20. The van der Waals surface area contributed by atoms with Crippen molar-refractivity contribution in [3.05, 3.63) is 0 Å². The Labute approximate surface area is 101 Å². The molecule has 0 radical (unpaired) electrons. The van der Waals surface area contributed by atoms with E-state index in [1.54, 1.807) is 16.7 Å². The van der Waals surface area contributed by atoms with Crippen LogP contribution in [0.25, 0.3) is 0 Å². The van der Waals surface area contributed by atoms with Gasteiger partial charge in [-0.05, 0) is 6.42 Å². The van der Waals surface area contributed by atoms with E-state index in [1.165, 1.54) is 0 Å². The summed E-state index contributed by atoms with van der Waals surface area (Å²) < 4.78 is 5.19. The highest BCUT2D eigenvalue weighted by Crippen LogP contribution is 2.09. The summed E-state index contributed by atoms with van der Waals surface area (Å²) in [6, 6.07) is 0.0537. The molecule has 3 amide bonds. The van der Waals surface area contributed by atoms with Gasteiger partial charge in [0.05, 0.1) is 13.2 Å². The van der Waals surface area contributed by atoms with Crippen molar-refractivity contribution in [2.75, 3.05) is 39.4 Å². The molecule has 2 aliphatic rings. The van der Waals surface area contributed by atoms with E-state index in [4.69, 9.17) is 4.74 Å². The first-order valence-electron chi connectivity index (χ1n) is 6.05. The third kappa shape index (κ3) is 3.09. The predicted molar refractivity (Wildman–Crippen MR) is 61.6 cm³/mol. The van der Waals surface area contributed by atoms with Crippen molar-refractivity contribution in [1.29, 1.82) is 0 Å². The molecule has 6 heteroatoms. The van der Waals surface area contributed by atoms with E-state index in [1.807, 2.05) is 0 Å². The molecule has 2 rings (SSSR count). The van der Waals surface area contributed by atoms with E-state index >= 15 is 0 Å². The quantitative estimate of drug-likeness (QED) is 0.682. The van der Waals surface area contributed by atoms with Crippen LogP contribution in [0.15, 0.2) is 0 Å². The third-order valence-electron chi connectivity index (χ3n) is 3.26. The van der Waals surface area contributed by atoms with Gasteiger partial charge in [0, 0.05) is 39.1 Å². The minimum absolute atomic E-state index is 0.0382. The maximum Gasteiger partial charge on any atom is 0.317 e. The van der Waals surface area contributed by atoms with E-state index in [9.17, 15) is 9.59 Å². The number of carbonyl (C=O) groups excluding carboxylic acids is 2. The fourth-order valence-electron chi connectivity index (χ4n) is 2.20. The van der Waals surface area contributed by atoms with E-state index in [0.29, 0.717) is 32.8 Å². The van der Waals surface area contributed by atoms with Gasteiger partial charge in [-0.2, -0.15) is 0 Å². The third-order valence-corrected chi connectivity index (χ3v) is 3.26. The smallest absolute Gasteiger partial charge is 0.317 e. The van der Waals surface area contributed by atoms with Crippen LogP contribution in [-0.4, -0.2) is 67.2 Å². The van der Waals surface area contributed by atoms with Crippen LogP contribution in [0.2, 0.25) is 0 Å². The largest absolute Gasteiger partial charge is 0.378 e. The molecule has 0 aliphatic carbocycles. The lowest BCUT2D eigenvalue weighted by molar-refractivity contribution is -0.127. The number of morpholine rings is 1. The molecule has 96 valence electrons. The van der Waals surface area contributed by atoms with Crippen molar-refractivity contribution in [2.45, 2.75) is 19.4 Å². The number of likely N-dealkylation sites (tertiary alicyclic amines) is 1. The molecular weight excluding hydrogens is 222 g/mol. The lowest BCUT2D eigenvalue weighted by Crippen LogP contribution is -2.49. The first kappa shape index (κ1) is 12.2. The Balaban J connectivity index is 1.77. The van der Waals surface area contributed by atoms with E-state index in [0.717, 1.165) is 13.0 Å². The van der Waals surface area contributed by atoms with Crippen LogP contribution in [0.4, 0.5) is 4.79 Å². The monoisotopic (exact) mass is 241 g/mol. The minimum Gasteiger partial charge on any atom is -0.378 e. The molecule has 2 aliphatic heterocycles. The van der Waals surface area contributed by atoms with Gasteiger partial charge in [-0.15, -0.1) is 0 Å². The molecule has 17 heavy (non-hydrogen) atoms. The molecule has 2 heterocycles. The van der Waals surface area contributed by atoms with Gasteiger partial charge >= 0.3 is 6.03 Å². The number of ether oxygens (including phenoxy) is 1. The molecule has 0 spiro atoms. The van der Waals surface area contributed by atoms with Gasteiger partial charge in [0.1, 0.15) is 0 Å². The van der Waals surface area contributed by atoms with Gasteiger partial charge in [0.25, 0.3) is 0 Å². The fraction of sp³-hybridized carbons (Fsp3) is 0.818. The Bertz CT molecular complexity index is 302. The number of urea groups is 1. The van der Waals surface area contributed by atoms with Crippen LogP contribution >= 0.6 is 0 Å². The highest BCUT2D eigenvalue weighted by Gasteiger charge is 2.27. The van der Waals surface area contributed by atoms with Crippen LogP contribution in [0.3, 0.4) is 0 Å². The highest BCUT2D eigenvalue weighted by atomic mass is 16.5. The zero-order chi connectivity index (χ0) is 12.3. The summed E-state index contributed by atoms with van der Waals surface area (Å²) in [5.74, 6) is 0.0770. The summed E-state index contributed by atoms with van der Waals surface area (Å²) in [5, 5.41) is 2.97. The highest BCUT2D eigenvalue weighted by molar-refractivity contribution is 5.76. The van der Waals surface area contributed by atoms with Crippen molar-refractivity contribution in [3.63, 3.8) is 0 Å². The molecule has 1 atom stereocenters. The summed E-state index contributed by atoms with van der Waals surface area (Å²) in [6.07, 6.45) is 0.843. The molecule has 0 aromatic carbocycles. The van der Waals surface area contributed by atoms with Crippen LogP contribution in [0.1, 0.15) is 13.3 Å². The number of hydrogen-bond donors (Lipinski definition) is 1. The number of carbonyl (C=O) groups is 2. The van der Waals surface area contributed by atoms with Crippen molar-refractivity contribution < 1.29 is 14.3 Å². The predicted octanol–water partition coefficient (Wildman–Crippen LogP) is -0.351. The van der Waals surface area contributed by atoms with Crippen molar-refractivity contribution in [3.8, 4) is 0 Å². The second kappa shape index (κ2) is 5.35. The molecule has 2 saturated heterocycles. The van der Waals surface area contributed by atoms with Gasteiger partial charge in [-0.3, -0.25) is 4.79 Å². The zero-order valence-electron chi connectivity index (χ0n) is 10.1. The summed E-state index contributed by atoms with van der Waals surface area (Å²) in [4.78, 5) is 26.6. The topological polar surface area (TPSA) is 61.9 Å². The van der Waals surface area contributed by atoms with Crippen LogP contribution < -0.4 is 5.32 Å². The number of amides is 3. The second-order valence-electron chi connectivity index (χ2n) is 4.50. The number of hydrogen-bond acceptors (Lipinski definition) is 3. The second-order valence-corrected chi connectivity index (χ2v) is 4.50. The molecule has 0 aromatic rings. The average Bonchev–Trinajstić information content (AvgIpc) is 2.79. The van der Waals surface area contributed by atoms with Gasteiger partial charge < -0.3 is 19.9 Å². The Morgan fingerprint density at radius 3 is 2.47 bits per heavy atom. The van der Waals surface area contributed by atoms with E-state index in [-0.39, 0.29) is 18.0 Å². The molecule has 0 bridgehead atoms. The van der Waals surface area contributed by atoms with Crippen LogP contribution in [0.5, 0.6) is 0 Å². The first-order chi connectivity index (χ1) is 8.16. The Hall–Kier alpha value is -1.30. The Kier molecular flexibility index (Phi) is 3.83. The Morgan fingerprint density at radius 1 is 1.18 bits per heavy atom. The van der Waals surface area contributed by atoms with Crippen LogP contribution in [0, 0.1) is 0 Å². The maximum atomic E-state index is 11.9. The van der Waals surface area contributed by atoms with Gasteiger partial charge in [-0.1, -0.05) is 0 Å².